The summed E-state index contributed by atoms with van der Waals surface area (Å²) in [6.45, 7) is 0. The molecule has 2 aromatic rings. The molecule has 0 saturated carbocycles. The number of hydrogen-bond donors (Lipinski definition) is 1. The van der Waals surface area contributed by atoms with Crippen molar-refractivity contribution in [2.45, 2.75) is 0 Å². The molecule has 0 fully saturated rings. The second-order valence-electron chi connectivity index (χ2n) is 2.11. The van der Waals surface area contributed by atoms with Gasteiger partial charge in [-0.25, -0.2) is 9.97 Å². The van der Waals surface area contributed by atoms with Crippen molar-refractivity contribution in [3.05, 3.63) is 23.3 Å². The van der Waals surface area contributed by atoms with Gasteiger partial charge in [-0.2, -0.15) is 0 Å². The van der Waals surface area contributed by atoms with Gasteiger partial charge >= 0.3 is 0 Å². The topological polar surface area (TPSA) is 56.2 Å². The molecule has 56 valence electrons. The molecule has 5 heteroatoms. The minimum Gasteiger partial charge on any atom is -0.394 e. The van der Waals surface area contributed by atoms with Crippen LogP contribution in [0.15, 0.2) is 23.3 Å². The highest BCUT2D eigenvalue weighted by Gasteiger charge is 2.02. The highest BCUT2D eigenvalue weighted by Crippen LogP contribution is 2.19. The van der Waals surface area contributed by atoms with Crippen molar-refractivity contribution >= 4 is 27.3 Å². The van der Waals surface area contributed by atoms with E-state index in [0.717, 1.165) is 5.65 Å². The predicted molar refractivity (Wildman–Crippen MR) is 45.1 cm³/mol. The molecule has 0 spiro atoms. The van der Waals surface area contributed by atoms with Gasteiger partial charge in [0.05, 0.1) is 0 Å². The maximum atomic E-state index is 5.67. The van der Waals surface area contributed by atoms with Crippen molar-refractivity contribution in [3.8, 4) is 0 Å². The van der Waals surface area contributed by atoms with Crippen LogP contribution in [0.5, 0.6) is 0 Å². The number of imidazole rings is 1. The molecule has 2 N–H and O–H groups in total. The summed E-state index contributed by atoms with van der Waals surface area (Å²) in [5.74, 6) is 0. The van der Waals surface area contributed by atoms with E-state index in [1.54, 1.807) is 23.1 Å². The van der Waals surface area contributed by atoms with Crippen LogP contribution < -0.4 is 5.73 Å². The Hall–Kier alpha value is -1.10. The van der Waals surface area contributed by atoms with Gasteiger partial charge < -0.3 is 5.73 Å². The average Bonchev–Trinajstić information content (AvgIpc) is 2.45. The van der Waals surface area contributed by atoms with Gasteiger partial charge in [-0.3, -0.25) is 4.40 Å². The standard InChI is InChI=1S/C6H5BrN4/c7-5-4(8)6-9-1-2-11(6)3-10-5/h1-3H,8H2. The van der Waals surface area contributed by atoms with Crippen LogP contribution in [-0.4, -0.2) is 14.4 Å². The van der Waals surface area contributed by atoms with Gasteiger partial charge in [0.15, 0.2) is 5.65 Å². The Morgan fingerprint density at radius 3 is 3.09 bits per heavy atom. The Kier molecular flexibility index (Phi) is 1.32. The number of nitrogen functional groups attached to an aromatic ring is 1. The first kappa shape index (κ1) is 6.60. The number of fused-ring (bicyclic) bond motifs is 1. The van der Waals surface area contributed by atoms with Crippen molar-refractivity contribution in [2.75, 3.05) is 5.73 Å². The van der Waals surface area contributed by atoms with E-state index in [-0.39, 0.29) is 0 Å². The smallest absolute Gasteiger partial charge is 0.164 e. The van der Waals surface area contributed by atoms with E-state index in [0.29, 0.717) is 10.3 Å². The molecule has 0 saturated heterocycles. The molecule has 0 aromatic carbocycles. The monoisotopic (exact) mass is 212 g/mol. The highest BCUT2D eigenvalue weighted by molar-refractivity contribution is 9.10. The maximum absolute atomic E-state index is 5.67. The molecule has 0 unspecified atom stereocenters. The van der Waals surface area contributed by atoms with Crippen molar-refractivity contribution in [1.82, 2.24) is 14.4 Å². The molecule has 0 bridgehead atoms. The Bertz CT molecular complexity index is 394. The molecule has 0 aliphatic heterocycles. The zero-order valence-electron chi connectivity index (χ0n) is 5.53. The van der Waals surface area contributed by atoms with Crippen molar-refractivity contribution in [2.24, 2.45) is 0 Å². The van der Waals surface area contributed by atoms with Crippen LogP contribution in [0, 0.1) is 0 Å². The minimum absolute atomic E-state index is 0.567. The summed E-state index contributed by atoms with van der Waals surface area (Å²) in [5.41, 5.74) is 6.97. The third-order valence-corrected chi connectivity index (χ3v) is 2.06. The van der Waals surface area contributed by atoms with Gasteiger partial charge in [-0.15, -0.1) is 0 Å². The van der Waals surface area contributed by atoms with Crippen molar-refractivity contribution in [3.63, 3.8) is 0 Å². The summed E-state index contributed by atoms with van der Waals surface area (Å²) in [4.78, 5) is 8.04. The number of hydrogen-bond acceptors (Lipinski definition) is 3. The summed E-state index contributed by atoms with van der Waals surface area (Å²) < 4.78 is 2.40. The summed E-state index contributed by atoms with van der Waals surface area (Å²) in [7, 11) is 0. The van der Waals surface area contributed by atoms with Crippen LogP contribution in [0.1, 0.15) is 0 Å². The molecule has 4 nitrogen and oxygen atoms in total. The number of nitrogens with two attached hydrogens (primary N) is 1. The van der Waals surface area contributed by atoms with Crippen LogP contribution in [0.2, 0.25) is 0 Å². The molecule has 2 aromatic heterocycles. The fraction of sp³-hybridized carbons (Fsp3) is 0. The lowest BCUT2D eigenvalue weighted by atomic mass is 10.5. The first-order valence-electron chi connectivity index (χ1n) is 3.01. The Morgan fingerprint density at radius 2 is 2.27 bits per heavy atom. The Balaban J connectivity index is 2.93. The molecule has 0 radical (unpaired) electrons. The van der Waals surface area contributed by atoms with Gasteiger partial charge in [0, 0.05) is 12.4 Å². The molecular formula is C6H5BrN4. The fourth-order valence-corrected chi connectivity index (χ4v) is 1.16. The van der Waals surface area contributed by atoms with Crippen LogP contribution >= 0.6 is 15.9 Å². The maximum Gasteiger partial charge on any atom is 0.164 e. The molecule has 2 rings (SSSR count). The van der Waals surface area contributed by atoms with E-state index in [2.05, 4.69) is 25.9 Å². The van der Waals surface area contributed by atoms with E-state index in [4.69, 9.17) is 5.73 Å². The second kappa shape index (κ2) is 2.20. The lowest BCUT2D eigenvalue weighted by Gasteiger charge is -1.97. The van der Waals surface area contributed by atoms with Gasteiger partial charge in [0.25, 0.3) is 0 Å². The number of anilines is 1. The molecule has 0 atom stereocenters. The number of aromatic nitrogens is 3. The normalized spacial score (nSPS) is 10.6. The zero-order chi connectivity index (χ0) is 7.84. The molecular weight excluding hydrogens is 208 g/mol. The van der Waals surface area contributed by atoms with Crippen molar-refractivity contribution in [1.29, 1.82) is 0 Å². The van der Waals surface area contributed by atoms with Gasteiger partial charge in [-0.05, 0) is 15.9 Å². The van der Waals surface area contributed by atoms with Crippen LogP contribution in [0.3, 0.4) is 0 Å². The fourth-order valence-electron chi connectivity index (χ4n) is 0.890. The van der Waals surface area contributed by atoms with Crippen LogP contribution in [-0.2, 0) is 0 Å². The first-order valence-corrected chi connectivity index (χ1v) is 3.81. The molecule has 0 amide bonds. The molecule has 0 aliphatic carbocycles. The lowest BCUT2D eigenvalue weighted by molar-refractivity contribution is 1.07. The number of rotatable bonds is 0. The Morgan fingerprint density at radius 1 is 1.45 bits per heavy atom. The minimum atomic E-state index is 0.567. The van der Waals surface area contributed by atoms with Crippen LogP contribution in [0.4, 0.5) is 5.69 Å². The Labute approximate surface area is 71.2 Å². The third-order valence-electron chi connectivity index (χ3n) is 1.43. The van der Waals surface area contributed by atoms with E-state index in [1.165, 1.54) is 0 Å². The van der Waals surface area contributed by atoms with E-state index in [9.17, 15) is 0 Å². The van der Waals surface area contributed by atoms with Crippen LogP contribution in [0.25, 0.3) is 5.65 Å². The summed E-state index contributed by atoms with van der Waals surface area (Å²) in [6.07, 6.45) is 5.13. The molecule has 11 heavy (non-hydrogen) atoms. The number of nitrogens with zero attached hydrogens (tertiary/aromatic N) is 3. The van der Waals surface area contributed by atoms with Crippen molar-refractivity contribution < 1.29 is 0 Å². The average molecular weight is 213 g/mol. The zero-order valence-corrected chi connectivity index (χ0v) is 7.12. The molecule has 0 aliphatic rings. The van der Waals surface area contributed by atoms with E-state index < -0.39 is 0 Å². The number of halogens is 1. The summed E-state index contributed by atoms with van der Waals surface area (Å²) >= 11 is 3.21. The lowest BCUT2D eigenvalue weighted by Crippen LogP contribution is -1.95. The third kappa shape index (κ3) is 0.883. The van der Waals surface area contributed by atoms with E-state index >= 15 is 0 Å². The largest absolute Gasteiger partial charge is 0.394 e. The SMILES string of the molecule is Nc1c(Br)ncn2ccnc12. The predicted octanol–water partition coefficient (Wildman–Crippen LogP) is 1.07. The second-order valence-corrected chi connectivity index (χ2v) is 2.86. The van der Waals surface area contributed by atoms with Gasteiger partial charge in [0.1, 0.15) is 16.6 Å². The summed E-state index contributed by atoms with van der Waals surface area (Å²) in [5, 5.41) is 0. The summed E-state index contributed by atoms with van der Waals surface area (Å²) in [6, 6.07) is 0. The van der Waals surface area contributed by atoms with Gasteiger partial charge in [0.2, 0.25) is 0 Å². The van der Waals surface area contributed by atoms with E-state index in [1.807, 2.05) is 0 Å². The van der Waals surface area contributed by atoms with Gasteiger partial charge in [-0.1, -0.05) is 0 Å². The highest BCUT2D eigenvalue weighted by atomic mass is 79.9. The molecule has 2 heterocycles. The quantitative estimate of drug-likeness (QED) is 0.666. The first-order chi connectivity index (χ1) is 5.29.